The molecule has 2 aliphatic heterocycles. The first kappa shape index (κ1) is 13.4. The zero-order chi connectivity index (χ0) is 13.2. The first-order valence-corrected chi connectivity index (χ1v) is 7.92. The number of anilines is 1. The van der Waals surface area contributed by atoms with E-state index in [4.69, 9.17) is 0 Å². The number of fused-ring (bicyclic) bond motifs is 1. The highest BCUT2D eigenvalue weighted by molar-refractivity contribution is 9.10. The van der Waals surface area contributed by atoms with Gasteiger partial charge in [-0.2, -0.15) is 0 Å². The maximum Gasteiger partial charge on any atom is 0.114 e. The predicted octanol–water partition coefficient (Wildman–Crippen LogP) is 3.25. The van der Waals surface area contributed by atoms with Crippen molar-refractivity contribution < 1.29 is 4.39 Å². The molecule has 1 unspecified atom stereocenters. The number of likely N-dealkylation sites (tertiary alicyclic amines) is 1. The third kappa shape index (κ3) is 2.95. The molecule has 0 radical (unpaired) electrons. The van der Waals surface area contributed by atoms with E-state index in [9.17, 15) is 4.39 Å². The Morgan fingerprint density at radius 1 is 1.26 bits per heavy atom. The number of halogens is 2. The third-order valence-corrected chi connectivity index (χ3v) is 4.93. The molecule has 1 aromatic carbocycles. The lowest BCUT2D eigenvalue weighted by atomic mass is 10.2. The van der Waals surface area contributed by atoms with Crippen molar-refractivity contribution in [3.8, 4) is 0 Å². The van der Waals surface area contributed by atoms with Gasteiger partial charge < -0.3 is 9.80 Å². The summed E-state index contributed by atoms with van der Waals surface area (Å²) in [4.78, 5) is 4.71. The largest absolute Gasteiger partial charge is 0.371 e. The first-order valence-electron chi connectivity index (χ1n) is 7.13. The monoisotopic (exact) mass is 326 g/mol. The molecule has 0 saturated carbocycles. The molecule has 1 atom stereocenters. The minimum atomic E-state index is -0.594. The van der Waals surface area contributed by atoms with Gasteiger partial charge in [-0.1, -0.05) is 22.0 Å². The third-order valence-electron chi connectivity index (χ3n) is 4.18. The summed E-state index contributed by atoms with van der Waals surface area (Å²) < 4.78 is 14.3. The average molecular weight is 327 g/mol. The van der Waals surface area contributed by atoms with Crippen molar-refractivity contribution in [2.75, 3.05) is 37.6 Å². The fraction of sp³-hybridized carbons (Fsp3) is 0.600. The smallest absolute Gasteiger partial charge is 0.114 e. The second kappa shape index (κ2) is 5.80. The van der Waals surface area contributed by atoms with Gasteiger partial charge in [0.1, 0.15) is 6.17 Å². The Morgan fingerprint density at radius 2 is 2.16 bits per heavy atom. The normalized spacial score (nSPS) is 23.1. The number of alkyl halides is 1. The molecule has 3 rings (SSSR count). The number of benzene rings is 1. The molecule has 19 heavy (non-hydrogen) atoms. The van der Waals surface area contributed by atoms with Crippen LogP contribution in [-0.4, -0.2) is 43.8 Å². The fourth-order valence-corrected chi connectivity index (χ4v) is 3.72. The molecule has 4 heteroatoms. The molecule has 0 spiro atoms. The van der Waals surface area contributed by atoms with Gasteiger partial charge in [0.05, 0.1) is 0 Å². The zero-order valence-corrected chi connectivity index (χ0v) is 12.7. The summed E-state index contributed by atoms with van der Waals surface area (Å²) in [5.41, 5.74) is 2.81. The Kier molecular flexibility index (Phi) is 4.08. The number of nitrogens with zero attached hydrogens (tertiary/aromatic N) is 2. The van der Waals surface area contributed by atoms with Crippen molar-refractivity contribution in [2.45, 2.75) is 25.4 Å². The maximum atomic E-state index is 13.1. The van der Waals surface area contributed by atoms with Crippen LogP contribution in [0.15, 0.2) is 22.7 Å². The topological polar surface area (TPSA) is 6.48 Å². The van der Waals surface area contributed by atoms with E-state index >= 15 is 0 Å². The van der Waals surface area contributed by atoms with Gasteiger partial charge in [-0.25, -0.2) is 4.39 Å². The lowest BCUT2D eigenvalue weighted by Crippen LogP contribution is -2.28. The van der Waals surface area contributed by atoms with E-state index in [-0.39, 0.29) is 0 Å². The van der Waals surface area contributed by atoms with Crippen molar-refractivity contribution in [1.82, 2.24) is 4.90 Å². The van der Waals surface area contributed by atoms with Crippen molar-refractivity contribution in [2.24, 2.45) is 0 Å². The van der Waals surface area contributed by atoms with E-state index in [1.165, 1.54) is 15.7 Å². The summed E-state index contributed by atoms with van der Waals surface area (Å²) in [7, 11) is 0. The molecule has 2 heterocycles. The standard InChI is InChI=1S/C15H20BrFN2/c16-14-3-1-4-15-13(14)6-10-19(15)8-2-7-18-9-5-12(17)11-18/h1,3-4,12H,2,5-11H2. The molecule has 0 bridgehead atoms. The van der Waals surface area contributed by atoms with Gasteiger partial charge >= 0.3 is 0 Å². The molecule has 0 aromatic heterocycles. The second-order valence-electron chi connectivity index (χ2n) is 5.51. The Morgan fingerprint density at radius 3 is 2.95 bits per heavy atom. The summed E-state index contributed by atoms with van der Waals surface area (Å²) in [5, 5.41) is 0. The lowest BCUT2D eigenvalue weighted by molar-refractivity contribution is 0.286. The summed E-state index contributed by atoms with van der Waals surface area (Å²) in [6.45, 7) is 4.80. The Balaban J connectivity index is 1.51. The SMILES string of the molecule is FC1CCN(CCCN2CCc3c(Br)cccc32)C1. The molecular weight excluding hydrogens is 307 g/mol. The molecule has 0 aliphatic carbocycles. The Labute approximate surface area is 122 Å². The summed E-state index contributed by atoms with van der Waals surface area (Å²) in [5.74, 6) is 0. The quantitative estimate of drug-likeness (QED) is 0.838. The van der Waals surface area contributed by atoms with Crippen LogP contribution in [0.25, 0.3) is 0 Å². The van der Waals surface area contributed by atoms with Crippen molar-refractivity contribution in [1.29, 1.82) is 0 Å². The molecular formula is C15H20BrFN2. The fourth-order valence-electron chi connectivity index (χ4n) is 3.16. The molecule has 1 saturated heterocycles. The van der Waals surface area contributed by atoms with Gasteiger partial charge in [0.25, 0.3) is 0 Å². The van der Waals surface area contributed by atoms with Crippen LogP contribution in [0, 0.1) is 0 Å². The molecule has 0 N–H and O–H groups in total. The Bertz CT molecular complexity index is 452. The van der Waals surface area contributed by atoms with Crippen LogP contribution < -0.4 is 4.90 Å². The van der Waals surface area contributed by atoms with E-state index in [0.717, 1.165) is 45.4 Å². The van der Waals surface area contributed by atoms with Gasteiger partial charge in [-0.15, -0.1) is 0 Å². The number of hydrogen-bond acceptors (Lipinski definition) is 2. The highest BCUT2D eigenvalue weighted by atomic mass is 79.9. The highest BCUT2D eigenvalue weighted by Crippen LogP contribution is 2.33. The van der Waals surface area contributed by atoms with Crippen LogP contribution in [0.2, 0.25) is 0 Å². The predicted molar refractivity (Wildman–Crippen MR) is 80.6 cm³/mol. The second-order valence-corrected chi connectivity index (χ2v) is 6.37. The van der Waals surface area contributed by atoms with E-state index in [1.54, 1.807) is 0 Å². The van der Waals surface area contributed by atoms with Gasteiger partial charge in [-0.3, -0.25) is 0 Å². The van der Waals surface area contributed by atoms with Gasteiger partial charge in [0.15, 0.2) is 0 Å². The summed E-state index contributed by atoms with van der Waals surface area (Å²) in [6, 6.07) is 6.43. The number of rotatable bonds is 4. The van der Waals surface area contributed by atoms with Crippen molar-refractivity contribution in [3.05, 3.63) is 28.2 Å². The van der Waals surface area contributed by atoms with Crippen LogP contribution in [0.5, 0.6) is 0 Å². The van der Waals surface area contributed by atoms with Crippen LogP contribution in [-0.2, 0) is 6.42 Å². The number of hydrogen-bond donors (Lipinski definition) is 0. The van der Waals surface area contributed by atoms with Crippen LogP contribution >= 0.6 is 15.9 Å². The minimum Gasteiger partial charge on any atom is -0.371 e. The van der Waals surface area contributed by atoms with Crippen molar-refractivity contribution >= 4 is 21.6 Å². The van der Waals surface area contributed by atoms with E-state index in [1.807, 2.05) is 0 Å². The average Bonchev–Trinajstić information content (AvgIpc) is 2.98. The van der Waals surface area contributed by atoms with Crippen LogP contribution in [0.1, 0.15) is 18.4 Å². The van der Waals surface area contributed by atoms with Crippen LogP contribution in [0.3, 0.4) is 0 Å². The van der Waals surface area contributed by atoms with Crippen LogP contribution in [0.4, 0.5) is 10.1 Å². The van der Waals surface area contributed by atoms with Gasteiger partial charge in [-0.05, 0) is 43.5 Å². The van der Waals surface area contributed by atoms with Gasteiger partial charge in [0, 0.05) is 36.3 Å². The lowest BCUT2D eigenvalue weighted by Gasteiger charge is -2.21. The molecule has 1 aromatic rings. The molecule has 104 valence electrons. The molecule has 2 nitrogen and oxygen atoms in total. The highest BCUT2D eigenvalue weighted by Gasteiger charge is 2.23. The van der Waals surface area contributed by atoms with Gasteiger partial charge in [0.2, 0.25) is 0 Å². The Hall–Kier alpha value is -0.610. The van der Waals surface area contributed by atoms with E-state index in [0.29, 0.717) is 6.54 Å². The zero-order valence-electron chi connectivity index (χ0n) is 11.1. The summed E-state index contributed by atoms with van der Waals surface area (Å²) in [6.07, 6.45) is 2.38. The molecule has 1 fully saturated rings. The van der Waals surface area contributed by atoms with E-state index in [2.05, 4.69) is 43.9 Å². The molecule has 0 amide bonds. The molecule has 2 aliphatic rings. The summed E-state index contributed by atoms with van der Waals surface area (Å²) >= 11 is 3.63. The maximum absolute atomic E-state index is 13.1. The first-order chi connectivity index (χ1) is 9.24. The van der Waals surface area contributed by atoms with E-state index < -0.39 is 6.17 Å². The van der Waals surface area contributed by atoms with Crippen molar-refractivity contribution in [3.63, 3.8) is 0 Å². The minimum absolute atomic E-state index is 0.594.